The number of aryl methyl sites for hydroxylation is 1. The van der Waals surface area contributed by atoms with Crippen molar-refractivity contribution in [3.05, 3.63) is 72.6 Å². The molecule has 0 aliphatic carbocycles. The molecule has 5 heteroatoms. The Morgan fingerprint density at radius 2 is 1.61 bits per heavy atom. The van der Waals surface area contributed by atoms with Crippen molar-refractivity contribution < 1.29 is 0 Å². The SMILES string of the molecule is c1ccc(CCCNc2cc(Nc3ccc(N4CCCC4)cc3)ncn2)cc1. The van der Waals surface area contributed by atoms with Crippen molar-refractivity contribution in [2.75, 3.05) is 35.2 Å². The van der Waals surface area contributed by atoms with Crippen molar-refractivity contribution in [2.45, 2.75) is 25.7 Å². The third kappa shape index (κ3) is 5.00. The molecule has 2 N–H and O–H groups in total. The lowest BCUT2D eigenvalue weighted by Gasteiger charge is -2.18. The third-order valence-electron chi connectivity index (χ3n) is 5.07. The summed E-state index contributed by atoms with van der Waals surface area (Å²) in [6.07, 6.45) is 6.31. The van der Waals surface area contributed by atoms with E-state index in [1.165, 1.54) is 24.1 Å². The maximum atomic E-state index is 4.34. The van der Waals surface area contributed by atoms with Crippen LogP contribution < -0.4 is 15.5 Å². The minimum absolute atomic E-state index is 0.800. The molecule has 0 atom stereocenters. The van der Waals surface area contributed by atoms with Gasteiger partial charge in [0.25, 0.3) is 0 Å². The second-order valence-electron chi connectivity index (χ2n) is 7.17. The molecule has 0 radical (unpaired) electrons. The van der Waals surface area contributed by atoms with Gasteiger partial charge in [-0.05, 0) is 55.5 Å². The molecule has 3 aromatic rings. The number of anilines is 4. The minimum atomic E-state index is 0.800. The van der Waals surface area contributed by atoms with Gasteiger partial charge in [0, 0.05) is 37.1 Å². The summed E-state index contributed by atoms with van der Waals surface area (Å²) in [4.78, 5) is 11.1. The molecule has 1 aliphatic rings. The standard InChI is InChI=1S/C23H27N5/c1-2-7-19(8-3-1)9-6-14-24-22-17-23(26-18-25-22)27-20-10-12-21(13-11-20)28-15-4-5-16-28/h1-3,7-8,10-13,17-18H,4-6,9,14-16H2,(H2,24,25,26,27). The third-order valence-corrected chi connectivity index (χ3v) is 5.07. The van der Waals surface area contributed by atoms with E-state index in [-0.39, 0.29) is 0 Å². The van der Waals surface area contributed by atoms with Crippen LogP contribution in [0.2, 0.25) is 0 Å². The molecule has 1 aromatic heterocycles. The zero-order valence-corrected chi connectivity index (χ0v) is 16.1. The largest absolute Gasteiger partial charge is 0.372 e. The van der Waals surface area contributed by atoms with Crippen molar-refractivity contribution >= 4 is 23.0 Å². The Hall–Kier alpha value is -3.08. The molecule has 1 aliphatic heterocycles. The first-order valence-electron chi connectivity index (χ1n) is 10.1. The zero-order chi connectivity index (χ0) is 19.0. The highest BCUT2D eigenvalue weighted by Crippen LogP contribution is 2.23. The Balaban J connectivity index is 1.28. The van der Waals surface area contributed by atoms with Crippen molar-refractivity contribution in [3.63, 3.8) is 0 Å². The minimum Gasteiger partial charge on any atom is -0.372 e. The van der Waals surface area contributed by atoms with Crippen LogP contribution in [0, 0.1) is 0 Å². The van der Waals surface area contributed by atoms with Crippen LogP contribution in [0.1, 0.15) is 24.8 Å². The molecule has 144 valence electrons. The van der Waals surface area contributed by atoms with E-state index in [4.69, 9.17) is 0 Å². The molecule has 28 heavy (non-hydrogen) atoms. The summed E-state index contributed by atoms with van der Waals surface area (Å²) in [5.41, 5.74) is 3.70. The fourth-order valence-corrected chi connectivity index (χ4v) is 3.55. The average molecular weight is 374 g/mol. The summed E-state index contributed by atoms with van der Waals surface area (Å²) in [6.45, 7) is 3.21. The van der Waals surface area contributed by atoms with Gasteiger partial charge in [0.05, 0.1) is 0 Å². The van der Waals surface area contributed by atoms with E-state index in [1.807, 2.05) is 6.07 Å². The molecule has 0 bridgehead atoms. The zero-order valence-electron chi connectivity index (χ0n) is 16.1. The van der Waals surface area contributed by atoms with Crippen LogP contribution in [0.15, 0.2) is 67.0 Å². The number of hydrogen-bond donors (Lipinski definition) is 2. The summed E-state index contributed by atoms with van der Waals surface area (Å²) >= 11 is 0. The highest BCUT2D eigenvalue weighted by atomic mass is 15.1. The summed E-state index contributed by atoms with van der Waals surface area (Å²) in [5.74, 6) is 1.65. The molecule has 2 aromatic carbocycles. The summed E-state index contributed by atoms with van der Waals surface area (Å²) in [5, 5.41) is 6.76. The predicted octanol–water partition coefficient (Wildman–Crippen LogP) is 4.87. The van der Waals surface area contributed by atoms with E-state index in [0.29, 0.717) is 0 Å². The molecule has 0 unspecified atom stereocenters. The van der Waals surface area contributed by atoms with Gasteiger partial charge in [0.15, 0.2) is 0 Å². The molecule has 2 heterocycles. The number of nitrogens with zero attached hydrogens (tertiary/aromatic N) is 3. The second kappa shape index (κ2) is 9.22. The number of rotatable bonds is 8. The van der Waals surface area contributed by atoms with E-state index >= 15 is 0 Å². The first kappa shape index (κ1) is 18.3. The highest BCUT2D eigenvalue weighted by molar-refractivity contribution is 5.62. The van der Waals surface area contributed by atoms with E-state index in [9.17, 15) is 0 Å². The van der Waals surface area contributed by atoms with Crippen molar-refractivity contribution in [1.82, 2.24) is 9.97 Å². The molecule has 5 nitrogen and oxygen atoms in total. The van der Waals surface area contributed by atoms with E-state index in [0.717, 1.165) is 49.8 Å². The quantitative estimate of drug-likeness (QED) is 0.552. The van der Waals surface area contributed by atoms with Crippen LogP contribution in [0.3, 0.4) is 0 Å². The monoisotopic (exact) mass is 373 g/mol. The van der Waals surface area contributed by atoms with E-state index in [2.05, 4.69) is 80.1 Å². The molecule has 0 saturated carbocycles. The van der Waals surface area contributed by atoms with Gasteiger partial charge in [0.1, 0.15) is 18.0 Å². The van der Waals surface area contributed by atoms with E-state index < -0.39 is 0 Å². The number of benzene rings is 2. The fourth-order valence-electron chi connectivity index (χ4n) is 3.55. The van der Waals surface area contributed by atoms with Crippen molar-refractivity contribution in [3.8, 4) is 0 Å². The van der Waals surface area contributed by atoms with Gasteiger partial charge in [-0.3, -0.25) is 0 Å². The number of hydrogen-bond acceptors (Lipinski definition) is 5. The second-order valence-corrected chi connectivity index (χ2v) is 7.17. The highest BCUT2D eigenvalue weighted by Gasteiger charge is 2.11. The summed E-state index contributed by atoms with van der Waals surface area (Å²) < 4.78 is 0. The van der Waals surface area contributed by atoms with Gasteiger partial charge in [0.2, 0.25) is 0 Å². The normalized spacial score (nSPS) is 13.5. The first-order valence-corrected chi connectivity index (χ1v) is 10.1. The van der Waals surface area contributed by atoms with Crippen LogP contribution >= 0.6 is 0 Å². The number of nitrogens with one attached hydrogen (secondary N) is 2. The van der Waals surface area contributed by atoms with E-state index in [1.54, 1.807) is 6.33 Å². The maximum Gasteiger partial charge on any atom is 0.135 e. The van der Waals surface area contributed by atoms with Gasteiger partial charge < -0.3 is 15.5 Å². The number of aromatic nitrogens is 2. The average Bonchev–Trinajstić information content (AvgIpc) is 3.28. The first-order chi connectivity index (χ1) is 13.9. The molecule has 0 spiro atoms. The lowest BCUT2D eigenvalue weighted by molar-refractivity contribution is 0.858. The Bertz CT molecular complexity index is 858. The van der Waals surface area contributed by atoms with Gasteiger partial charge in [-0.1, -0.05) is 30.3 Å². The molecule has 1 fully saturated rings. The van der Waals surface area contributed by atoms with Gasteiger partial charge >= 0.3 is 0 Å². The lowest BCUT2D eigenvalue weighted by Crippen LogP contribution is -2.17. The Kier molecular flexibility index (Phi) is 6.02. The van der Waals surface area contributed by atoms with Crippen LogP contribution in [0.25, 0.3) is 0 Å². The van der Waals surface area contributed by atoms with Crippen LogP contribution in [-0.2, 0) is 6.42 Å². The topological polar surface area (TPSA) is 53.1 Å². The fraction of sp³-hybridized carbons (Fsp3) is 0.304. The van der Waals surface area contributed by atoms with Crippen molar-refractivity contribution in [1.29, 1.82) is 0 Å². The lowest BCUT2D eigenvalue weighted by atomic mass is 10.1. The Labute approximate surface area is 166 Å². The smallest absolute Gasteiger partial charge is 0.135 e. The van der Waals surface area contributed by atoms with Crippen LogP contribution in [0.4, 0.5) is 23.0 Å². The Morgan fingerprint density at radius 3 is 2.39 bits per heavy atom. The molecule has 4 rings (SSSR count). The van der Waals surface area contributed by atoms with Crippen molar-refractivity contribution in [2.24, 2.45) is 0 Å². The molecular formula is C23H27N5. The molecular weight excluding hydrogens is 346 g/mol. The summed E-state index contributed by atoms with van der Waals surface area (Å²) in [6, 6.07) is 21.1. The molecule has 1 saturated heterocycles. The maximum absolute atomic E-state index is 4.34. The van der Waals surface area contributed by atoms with Crippen LogP contribution in [-0.4, -0.2) is 29.6 Å². The predicted molar refractivity (Wildman–Crippen MR) is 116 cm³/mol. The van der Waals surface area contributed by atoms with Gasteiger partial charge in [-0.2, -0.15) is 0 Å². The van der Waals surface area contributed by atoms with Crippen LogP contribution in [0.5, 0.6) is 0 Å². The van der Waals surface area contributed by atoms with Gasteiger partial charge in [-0.25, -0.2) is 9.97 Å². The van der Waals surface area contributed by atoms with Gasteiger partial charge in [-0.15, -0.1) is 0 Å². The Morgan fingerprint density at radius 1 is 0.857 bits per heavy atom. The molecule has 0 amide bonds. The summed E-state index contributed by atoms with van der Waals surface area (Å²) in [7, 11) is 0.